The van der Waals surface area contributed by atoms with E-state index in [4.69, 9.17) is 4.74 Å². The highest BCUT2D eigenvalue weighted by Crippen LogP contribution is 2.47. The van der Waals surface area contributed by atoms with Crippen molar-refractivity contribution in [2.75, 3.05) is 25.6 Å². The summed E-state index contributed by atoms with van der Waals surface area (Å²) in [6, 6.07) is 15.4. The number of para-hydroxylation sites is 1. The Morgan fingerprint density at radius 3 is 2.50 bits per heavy atom. The third-order valence-corrected chi connectivity index (χ3v) is 5.56. The largest absolute Gasteiger partial charge is 0.497 e. The molecule has 0 aliphatic carbocycles. The maximum absolute atomic E-state index is 13.4. The lowest BCUT2D eigenvalue weighted by Gasteiger charge is -2.38. The van der Waals surface area contributed by atoms with Crippen molar-refractivity contribution < 1.29 is 14.3 Å². The molecule has 2 heterocycles. The van der Waals surface area contributed by atoms with Crippen LogP contribution >= 0.6 is 0 Å². The Kier molecular flexibility index (Phi) is 3.94. The number of benzene rings is 2. The van der Waals surface area contributed by atoms with Gasteiger partial charge in [0.2, 0.25) is 11.8 Å². The van der Waals surface area contributed by atoms with E-state index in [9.17, 15) is 9.59 Å². The standard InChI is InChI=1S/C21H22N2O3/c1-22-18-7-4-3-6-17(18)21(19(22)24)12-5-13-23(20(21)25)14-15-8-10-16(26-2)11-9-15/h3-4,6-11H,5,12-14H2,1-2H3. The van der Waals surface area contributed by atoms with Crippen molar-refractivity contribution in [1.82, 2.24) is 4.90 Å². The van der Waals surface area contributed by atoms with Crippen LogP contribution in [0.2, 0.25) is 0 Å². The number of hydrogen-bond donors (Lipinski definition) is 0. The van der Waals surface area contributed by atoms with Gasteiger partial charge in [0.15, 0.2) is 5.41 Å². The summed E-state index contributed by atoms with van der Waals surface area (Å²) in [4.78, 5) is 30.0. The molecular weight excluding hydrogens is 328 g/mol. The number of nitrogens with zero attached hydrogens (tertiary/aromatic N) is 2. The first-order chi connectivity index (χ1) is 12.6. The first kappa shape index (κ1) is 16.6. The average Bonchev–Trinajstić information content (AvgIpc) is 2.89. The van der Waals surface area contributed by atoms with Crippen molar-refractivity contribution in [3.8, 4) is 5.75 Å². The molecule has 2 aromatic carbocycles. The van der Waals surface area contributed by atoms with Crippen LogP contribution in [0.3, 0.4) is 0 Å². The molecule has 1 atom stereocenters. The van der Waals surface area contributed by atoms with Gasteiger partial charge in [-0.2, -0.15) is 0 Å². The van der Waals surface area contributed by atoms with Gasteiger partial charge in [0, 0.05) is 31.4 Å². The second-order valence-electron chi connectivity index (χ2n) is 6.96. The topological polar surface area (TPSA) is 49.9 Å². The summed E-state index contributed by atoms with van der Waals surface area (Å²) in [6.45, 7) is 1.18. The molecule has 1 spiro atoms. The van der Waals surface area contributed by atoms with E-state index in [0.717, 1.165) is 29.0 Å². The highest BCUT2D eigenvalue weighted by Gasteiger charge is 2.57. The van der Waals surface area contributed by atoms with Crippen LogP contribution in [-0.2, 0) is 21.5 Å². The molecule has 0 saturated carbocycles. The van der Waals surface area contributed by atoms with E-state index in [-0.39, 0.29) is 11.8 Å². The normalized spacial score (nSPS) is 22.1. The van der Waals surface area contributed by atoms with Gasteiger partial charge < -0.3 is 14.5 Å². The number of piperidine rings is 1. The van der Waals surface area contributed by atoms with E-state index in [2.05, 4.69) is 0 Å². The number of carbonyl (C=O) groups is 2. The van der Waals surface area contributed by atoms with Crippen LogP contribution in [0.15, 0.2) is 48.5 Å². The van der Waals surface area contributed by atoms with Crippen LogP contribution in [0, 0.1) is 0 Å². The van der Waals surface area contributed by atoms with Gasteiger partial charge in [-0.15, -0.1) is 0 Å². The van der Waals surface area contributed by atoms with E-state index in [0.29, 0.717) is 19.5 Å². The van der Waals surface area contributed by atoms with Crippen LogP contribution in [-0.4, -0.2) is 37.4 Å². The zero-order valence-electron chi connectivity index (χ0n) is 15.1. The summed E-state index contributed by atoms with van der Waals surface area (Å²) in [6.07, 6.45) is 1.39. The summed E-state index contributed by atoms with van der Waals surface area (Å²) in [5.41, 5.74) is 1.66. The van der Waals surface area contributed by atoms with E-state index in [1.54, 1.807) is 19.1 Å². The van der Waals surface area contributed by atoms with Gasteiger partial charge >= 0.3 is 0 Å². The lowest BCUT2D eigenvalue weighted by atomic mass is 9.74. The van der Waals surface area contributed by atoms with Gasteiger partial charge in [-0.1, -0.05) is 30.3 Å². The van der Waals surface area contributed by atoms with Crippen LogP contribution in [0.25, 0.3) is 0 Å². The molecule has 134 valence electrons. The Hall–Kier alpha value is -2.82. The number of likely N-dealkylation sites (N-methyl/N-ethyl adjacent to an activating group) is 1. The number of hydrogen-bond acceptors (Lipinski definition) is 3. The fourth-order valence-electron chi connectivity index (χ4n) is 4.20. The first-order valence-corrected chi connectivity index (χ1v) is 8.88. The number of ether oxygens (including phenoxy) is 1. The Bertz CT molecular complexity index is 862. The van der Waals surface area contributed by atoms with Crippen LogP contribution < -0.4 is 9.64 Å². The molecule has 0 N–H and O–H groups in total. The molecule has 0 bridgehead atoms. The fraction of sp³-hybridized carbons (Fsp3) is 0.333. The smallest absolute Gasteiger partial charge is 0.247 e. The van der Waals surface area contributed by atoms with Gasteiger partial charge in [0.25, 0.3) is 0 Å². The maximum Gasteiger partial charge on any atom is 0.247 e. The van der Waals surface area contributed by atoms with Gasteiger partial charge in [-0.3, -0.25) is 9.59 Å². The summed E-state index contributed by atoms with van der Waals surface area (Å²) >= 11 is 0. The summed E-state index contributed by atoms with van der Waals surface area (Å²) in [7, 11) is 3.39. The number of amides is 2. The van der Waals surface area contributed by atoms with E-state index >= 15 is 0 Å². The van der Waals surface area contributed by atoms with E-state index in [1.807, 2.05) is 53.4 Å². The molecular formula is C21H22N2O3. The minimum absolute atomic E-state index is 0.0821. The maximum atomic E-state index is 13.4. The molecule has 2 aliphatic rings. The summed E-state index contributed by atoms with van der Waals surface area (Å²) in [5.74, 6) is 0.598. The summed E-state index contributed by atoms with van der Waals surface area (Å²) < 4.78 is 5.19. The third-order valence-electron chi connectivity index (χ3n) is 5.56. The molecule has 4 rings (SSSR count). The molecule has 2 aliphatic heterocycles. The zero-order valence-corrected chi connectivity index (χ0v) is 15.1. The van der Waals surface area contributed by atoms with Gasteiger partial charge in [0.1, 0.15) is 5.75 Å². The van der Waals surface area contributed by atoms with Crippen LogP contribution in [0.4, 0.5) is 5.69 Å². The predicted molar refractivity (Wildman–Crippen MR) is 99.2 cm³/mol. The van der Waals surface area contributed by atoms with Crippen LogP contribution in [0.5, 0.6) is 5.75 Å². The molecule has 5 nitrogen and oxygen atoms in total. The van der Waals surface area contributed by atoms with E-state index < -0.39 is 5.41 Å². The molecule has 26 heavy (non-hydrogen) atoms. The predicted octanol–water partition coefficient (Wildman–Crippen LogP) is 2.73. The molecule has 1 fully saturated rings. The lowest BCUT2D eigenvalue weighted by molar-refractivity contribution is -0.146. The SMILES string of the molecule is COc1ccc(CN2CCCC3(C2=O)C(=O)N(C)c2ccccc23)cc1. The third kappa shape index (κ3) is 2.30. The minimum Gasteiger partial charge on any atom is -0.497 e. The number of rotatable bonds is 3. The van der Waals surface area contributed by atoms with Crippen molar-refractivity contribution in [2.24, 2.45) is 0 Å². The average molecular weight is 350 g/mol. The number of methoxy groups -OCH3 is 1. The number of carbonyl (C=O) groups excluding carboxylic acids is 2. The lowest BCUT2D eigenvalue weighted by Crippen LogP contribution is -2.55. The van der Waals surface area contributed by atoms with Crippen molar-refractivity contribution >= 4 is 17.5 Å². The molecule has 2 amide bonds. The second kappa shape index (κ2) is 6.16. The molecule has 0 radical (unpaired) electrons. The molecule has 5 heteroatoms. The second-order valence-corrected chi connectivity index (χ2v) is 6.96. The van der Waals surface area contributed by atoms with E-state index in [1.165, 1.54) is 0 Å². The Labute approximate surface area is 153 Å². The summed E-state index contributed by atoms with van der Waals surface area (Å²) in [5, 5.41) is 0. The Morgan fingerprint density at radius 2 is 1.77 bits per heavy atom. The van der Waals surface area contributed by atoms with Crippen molar-refractivity contribution in [2.45, 2.75) is 24.8 Å². The number of anilines is 1. The van der Waals surface area contributed by atoms with Gasteiger partial charge in [-0.25, -0.2) is 0 Å². The van der Waals surface area contributed by atoms with Gasteiger partial charge in [0.05, 0.1) is 7.11 Å². The van der Waals surface area contributed by atoms with Crippen molar-refractivity contribution in [3.63, 3.8) is 0 Å². The monoisotopic (exact) mass is 350 g/mol. The van der Waals surface area contributed by atoms with Crippen molar-refractivity contribution in [1.29, 1.82) is 0 Å². The first-order valence-electron chi connectivity index (χ1n) is 8.88. The minimum atomic E-state index is -1.06. The highest BCUT2D eigenvalue weighted by molar-refractivity contribution is 6.21. The molecule has 2 aromatic rings. The molecule has 0 aromatic heterocycles. The Morgan fingerprint density at radius 1 is 1.04 bits per heavy atom. The fourth-order valence-corrected chi connectivity index (χ4v) is 4.20. The molecule has 1 saturated heterocycles. The van der Waals surface area contributed by atoms with Gasteiger partial charge in [-0.05, 0) is 36.6 Å². The van der Waals surface area contributed by atoms with Crippen LogP contribution in [0.1, 0.15) is 24.0 Å². The number of likely N-dealkylation sites (tertiary alicyclic amines) is 1. The highest BCUT2D eigenvalue weighted by atomic mass is 16.5. The number of fused-ring (bicyclic) bond motifs is 2. The molecule has 1 unspecified atom stereocenters. The van der Waals surface area contributed by atoms with Crippen molar-refractivity contribution in [3.05, 3.63) is 59.7 Å². The quantitative estimate of drug-likeness (QED) is 0.800. The Balaban J connectivity index is 1.67. The zero-order chi connectivity index (χ0) is 18.3.